The standard InChI is InChI=1S/C15H19FN2O/c1-15(2,3)10-14(19)18-13-7-6-12(16)9-11(13)5-4-8-17/h6-7,9H,8,10,17H2,1-3H3,(H,18,19). The van der Waals surface area contributed by atoms with Gasteiger partial charge in [-0.3, -0.25) is 4.79 Å². The first-order chi connectivity index (χ1) is 8.81. The van der Waals surface area contributed by atoms with Crippen molar-refractivity contribution in [3.05, 3.63) is 29.6 Å². The molecule has 0 heterocycles. The normalized spacial score (nSPS) is 10.6. The SMILES string of the molecule is CC(C)(C)CC(=O)Nc1ccc(F)cc1C#CCN. The van der Waals surface area contributed by atoms with Crippen molar-refractivity contribution in [1.82, 2.24) is 0 Å². The number of rotatable bonds is 2. The van der Waals surface area contributed by atoms with Crippen molar-refractivity contribution in [2.24, 2.45) is 11.1 Å². The van der Waals surface area contributed by atoms with Crippen molar-refractivity contribution in [2.45, 2.75) is 27.2 Å². The average molecular weight is 262 g/mol. The predicted molar refractivity (Wildman–Crippen MR) is 75.0 cm³/mol. The van der Waals surface area contributed by atoms with E-state index in [1.54, 1.807) is 0 Å². The van der Waals surface area contributed by atoms with Crippen molar-refractivity contribution >= 4 is 11.6 Å². The van der Waals surface area contributed by atoms with Crippen molar-refractivity contribution in [2.75, 3.05) is 11.9 Å². The lowest BCUT2D eigenvalue weighted by Crippen LogP contribution is -2.20. The minimum absolute atomic E-state index is 0.104. The first-order valence-corrected chi connectivity index (χ1v) is 6.10. The highest BCUT2D eigenvalue weighted by Gasteiger charge is 2.16. The Morgan fingerprint density at radius 3 is 2.68 bits per heavy atom. The monoisotopic (exact) mass is 262 g/mol. The van der Waals surface area contributed by atoms with E-state index in [0.29, 0.717) is 17.7 Å². The van der Waals surface area contributed by atoms with Gasteiger partial charge < -0.3 is 11.1 Å². The summed E-state index contributed by atoms with van der Waals surface area (Å²) >= 11 is 0. The molecule has 102 valence electrons. The molecule has 1 amide bonds. The molecule has 0 unspecified atom stereocenters. The smallest absolute Gasteiger partial charge is 0.224 e. The summed E-state index contributed by atoms with van der Waals surface area (Å²) in [5.41, 5.74) is 6.14. The lowest BCUT2D eigenvalue weighted by molar-refractivity contribution is -0.117. The van der Waals surface area contributed by atoms with Crippen LogP contribution in [0.1, 0.15) is 32.8 Å². The molecule has 0 aliphatic rings. The molecule has 0 fully saturated rings. The third-order valence-electron chi connectivity index (χ3n) is 2.27. The maximum Gasteiger partial charge on any atom is 0.224 e. The van der Waals surface area contributed by atoms with E-state index in [1.165, 1.54) is 18.2 Å². The highest BCUT2D eigenvalue weighted by Crippen LogP contribution is 2.21. The summed E-state index contributed by atoms with van der Waals surface area (Å²) < 4.78 is 13.2. The van der Waals surface area contributed by atoms with Gasteiger partial charge in [0.1, 0.15) is 5.82 Å². The Morgan fingerprint density at radius 2 is 2.11 bits per heavy atom. The number of benzene rings is 1. The summed E-state index contributed by atoms with van der Waals surface area (Å²) in [7, 11) is 0. The number of nitrogens with one attached hydrogen (secondary N) is 1. The fraction of sp³-hybridized carbons (Fsp3) is 0.400. The zero-order chi connectivity index (χ0) is 14.5. The summed E-state index contributed by atoms with van der Waals surface area (Å²) in [6.45, 7) is 6.12. The van der Waals surface area contributed by atoms with Gasteiger partial charge in [-0.05, 0) is 23.6 Å². The van der Waals surface area contributed by atoms with E-state index >= 15 is 0 Å². The molecule has 0 radical (unpaired) electrons. The molecule has 4 heteroatoms. The van der Waals surface area contributed by atoms with E-state index in [9.17, 15) is 9.18 Å². The molecule has 1 rings (SSSR count). The molecule has 19 heavy (non-hydrogen) atoms. The van der Waals surface area contributed by atoms with E-state index in [4.69, 9.17) is 5.73 Å². The third-order valence-corrected chi connectivity index (χ3v) is 2.27. The van der Waals surface area contributed by atoms with Crippen LogP contribution in [-0.4, -0.2) is 12.5 Å². The van der Waals surface area contributed by atoms with Gasteiger partial charge in [0, 0.05) is 6.42 Å². The molecule has 0 aliphatic heterocycles. The first kappa shape index (κ1) is 15.2. The van der Waals surface area contributed by atoms with Crippen molar-refractivity contribution in [3.63, 3.8) is 0 Å². The molecule has 0 aromatic heterocycles. The number of halogens is 1. The second-order valence-corrected chi connectivity index (χ2v) is 5.48. The van der Waals surface area contributed by atoms with Crippen LogP contribution in [0.25, 0.3) is 0 Å². The fourth-order valence-electron chi connectivity index (χ4n) is 1.55. The van der Waals surface area contributed by atoms with Gasteiger partial charge in [0.2, 0.25) is 5.91 Å². The molecule has 3 N–H and O–H groups in total. The lowest BCUT2D eigenvalue weighted by Gasteiger charge is -2.17. The minimum Gasteiger partial charge on any atom is -0.325 e. The highest BCUT2D eigenvalue weighted by molar-refractivity contribution is 5.92. The van der Waals surface area contributed by atoms with Crippen LogP contribution in [0.5, 0.6) is 0 Å². The highest BCUT2D eigenvalue weighted by atomic mass is 19.1. The van der Waals surface area contributed by atoms with E-state index in [0.717, 1.165) is 0 Å². The summed E-state index contributed by atoms with van der Waals surface area (Å²) in [5.74, 6) is 4.90. The Bertz CT molecular complexity index is 521. The molecule has 1 aromatic carbocycles. The van der Waals surface area contributed by atoms with Crippen molar-refractivity contribution in [3.8, 4) is 11.8 Å². The number of hydrogen-bond acceptors (Lipinski definition) is 2. The third kappa shape index (κ3) is 5.54. The van der Waals surface area contributed by atoms with E-state index < -0.39 is 5.82 Å². The Morgan fingerprint density at radius 1 is 1.42 bits per heavy atom. The van der Waals surface area contributed by atoms with Crippen LogP contribution in [0, 0.1) is 23.1 Å². The topological polar surface area (TPSA) is 55.1 Å². The van der Waals surface area contributed by atoms with E-state index in [2.05, 4.69) is 17.2 Å². The summed E-state index contributed by atoms with van der Waals surface area (Å²) in [6.07, 6.45) is 0.383. The van der Waals surface area contributed by atoms with Crippen LogP contribution in [0.15, 0.2) is 18.2 Å². The second kappa shape index (κ2) is 6.35. The Hall–Kier alpha value is -1.86. The zero-order valence-corrected chi connectivity index (χ0v) is 11.5. The quantitative estimate of drug-likeness (QED) is 0.805. The molecule has 0 spiro atoms. The fourth-order valence-corrected chi connectivity index (χ4v) is 1.55. The van der Waals surface area contributed by atoms with Crippen molar-refractivity contribution < 1.29 is 9.18 Å². The molecule has 1 aromatic rings. The Kier molecular flexibility index (Phi) is 5.08. The van der Waals surface area contributed by atoms with Gasteiger partial charge >= 0.3 is 0 Å². The molecule has 0 saturated carbocycles. The number of carbonyl (C=O) groups is 1. The van der Waals surface area contributed by atoms with Gasteiger partial charge in [0.05, 0.1) is 17.8 Å². The Balaban J connectivity index is 2.91. The van der Waals surface area contributed by atoms with Crippen LogP contribution >= 0.6 is 0 Å². The summed E-state index contributed by atoms with van der Waals surface area (Å²) in [4.78, 5) is 11.9. The second-order valence-electron chi connectivity index (χ2n) is 5.48. The maximum atomic E-state index is 13.2. The molecule has 0 aliphatic carbocycles. The van der Waals surface area contributed by atoms with Gasteiger partial charge in [0.25, 0.3) is 0 Å². The van der Waals surface area contributed by atoms with Crippen molar-refractivity contribution in [1.29, 1.82) is 0 Å². The molecule has 0 bridgehead atoms. The lowest BCUT2D eigenvalue weighted by atomic mass is 9.92. The Labute approximate surface area is 113 Å². The van der Waals surface area contributed by atoms with Gasteiger partial charge in [-0.2, -0.15) is 0 Å². The van der Waals surface area contributed by atoms with Crippen LogP contribution in [0.3, 0.4) is 0 Å². The van der Waals surface area contributed by atoms with Gasteiger partial charge in [-0.15, -0.1) is 0 Å². The molecule has 0 saturated heterocycles. The van der Waals surface area contributed by atoms with Gasteiger partial charge in [-0.1, -0.05) is 32.6 Å². The molecular weight excluding hydrogens is 243 g/mol. The summed E-state index contributed by atoms with van der Waals surface area (Å²) in [5, 5.41) is 2.75. The van der Waals surface area contributed by atoms with Crippen LogP contribution in [0.4, 0.5) is 10.1 Å². The largest absolute Gasteiger partial charge is 0.325 e. The van der Waals surface area contributed by atoms with Crippen LogP contribution in [0.2, 0.25) is 0 Å². The number of carbonyl (C=O) groups excluding carboxylic acids is 1. The molecule has 0 atom stereocenters. The number of hydrogen-bond donors (Lipinski definition) is 2. The molecule has 3 nitrogen and oxygen atoms in total. The van der Waals surface area contributed by atoms with Crippen LogP contribution < -0.4 is 11.1 Å². The minimum atomic E-state index is -0.393. The number of nitrogens with two attached hydrogens (primary N) is 1. The predicted octanol–water partition coefficient (Wildman–Crippen LogP) is 2.51. The van der Waals surface area contributed by atoms with E-state index in [1.807, 2.05) is 20.8 Å². The molecular formula is C15H19FN2O. The van der Waals surface area contributed by atoms with Gasteiger partial charge in [-0.25, -0.2) is 4.39 Å². The maximum absolute atomic E-state index is 13.2. The average Bonchev–Trinajstić information content (AvgIpc) is 2.27. The van der Waals surface area contributed by atoms with Gasteiger partial charge in [0.15, 0.2) is 0 Å². The number of anilines is 1. The number of amides is 1. The zero-order valence-electron chi connectivity index (χ0n) is 11.5. The summed E-state index contributed by atoms with van der Waals surface area (Å²) in [6, 6.07) is 4.09. The first-order valence-electron chi connectivity index (χ1n) is 6.10. The van der Waals surface area contributed by atoms with Crippen LogP contribution in [-0.2, 0) is 4.79 Å². The van der Waals surface area contributed by atoms with E-state index in [-0.39, 0.29) is 17.9 Å².